The Labute approximate surface area is 204 Å². The van der Waals surface area contributed by atoms with Crippen LogP contribution in [0.1, 0.15) is 73.0 Å². The molecule has 0 bridgehead atoms. The van der Waals surface area contributed by atoms with E-state index >= 15 is 0 Å². The quantitative estimate of drug-likeness (QED) is 0.433. The monoisotopic (exact) mass is 486 g/mol. The molecule has 1 fully saturated rings. The van der Waals surface area contributed by atoms with E-state index < -0.39 is 5.66 Å². The van der Waals surface area contributed by atoms with Crippen molar-refractivity contribution < 1.29 is 14.3 Å². The van der Waals surface area contributed by atoms with Gasteiger partial charge in [-0.3, -0.25) is 9.59 Å². The van der Waals surface area contributed by atoms with Gasteiger partial charge in [-0.25, -0.2) is 4.99 Å². The lowest BCUT2D eigenvalue weighted by atomic mass is 9.83. The topological polar surface area (TPSA) is 59.0 Å². The van der Waals surface area contributed by atoms with Gasteiger partial charge in [-0.05, 0) is 49.4 Å². The molecule has 2 aromatic carbocycles. The van der Waals surface area contributed by atoms with Crippen LogP contribution in [0.15, 0.2) is 47.5 Å². The molecule has 2 unspecified atom stereocenters. The number of rotatable bonds is 7. The molecular formula is C26H28Cl2N2O3. The van der Waals surface area contributed by atoms with E-state index in [9.17, 15) is 9.59 Å². The Kier molecular flexibility index (Phi) is 7.22. The van der Waals surface area contributed by atoms with E-state index in [1.807, 2.05) is 17.0 Å². The van der Waals surface area contributed by atoms with Crippen LogP contribution >= 0.6 is 23.2 Å². The molecule has 3 atom stereocenters. The number of benzene rings is 2. The van der Waals surface area contributed by atoms with E-state index in [1.54, 1.807) is 37.4 Å². The first-order valence-corrected chi connectivity index (χ1v) is 12.2. The van der Waals surface area contributed by atoms with Crippen LogP contribution in [0.2, 0.25) is 10.0 Å². The Hall–Kier alpha value is -2.21. The maximum Gasteiger partial charge on any atom is 0.275 e. The van der Waals surface area contributed by atoms with Crippen molar-refractivity contribution in [2.45, 2.75) is 63.3 Å². The van der Waals surface area contributed by atoms with Crippen molar-refractivity contribution in [3.8, 4) is 0 Å². The highest BCUT2D eigenvalue weighted by Crippen LogP contribution is 2.46. The predicted octanol–water partition coefficient (Wildman–Crippen LogP) is 6.26. The molecule has 0 saturated heterocycles. The minimum atomic E-state index is -0.794. The number of halogens is 2. The van der Waals surface area contributed by atoms with Gasteiger partial charge in [0.15, 0.2) is 5.66 Å². The number of carbonyl (C=O) groups excluding carboxylic acids is 2. The molecule has 1 saturated carbocycles. The summed E-state index contributed by atoms with van der Waals surface area (Å²) in [5.41, 5.74) is 1.78. The third-order valence-corrected chi connectivity index (χ3v) is 7.11. The van der Waals surface area contributed by atoms with E-state index in [0.29, 0.717) is 26.9 Å². The summed E-state index contributed by atoms with van der Waals surface area (Å²) < 4.78 is 5.94. The zero-order valence-corrected chi connectivity index (χ0v) is 20.4. The number of hydrogen-bond acceptors (Lipinski definition) is 4. The molecule has 33 heavy (non-hydrogen) atoms. The molecule has 1 spiro atoms. The van der Waals surface area contributed by atoms with Crippen LogP contribution in [0.25, 0.3) is 0 Å². The number of hydrogen-bond donors (Lipinski definition) is 0. The van der Waals surface area contributed by atoms with Crippen molar-refractivity contribution >= 4 is 41.1 Å². The second-order valence-corrected chi connectivity index (χ2v) is 9.60. The van der Waals surface area contributed by atoms with Gasteiger partial charge in [-0.2, -0.15) is 0 Å². The maximum atomic E-state index is 14.1. The Morgan fingerprint density at radius 2 is 1.88 bits per heavy atom. The first kappa shape index (κ1) is 23.9. The van der Waals surface area contributed by atoms with E-state index in [-0.39, 0.29) is 18.1 Å². The highest BCUT2D eigenvalue weighted by atomic mass is 35.5. The lowest BCUT2D eigenvalue weighted by Gasteiger charge is -2.47. The van der Waals surface area contributed by atoms with E-state index in [1.165, 1.54) is 0 Å². The molecule has 1 heterocycles. The van der Waals surface area contributed by atoms with Gasteiger partial charge in [0.2, 0.25) is 0 Å². The fraction of sp³-hybridized carbons (Fsp3) is 0.423. The summed E-state index contributed by atoms with van der Waals surface area (Å²) in [4.78, 5) is 32.3. The van der Waals surface area contributed by atoms with Gasteiger partial charge in [0.1, 0.15) is 18.1 Å². The van der Waals surface area contributed by atoms with Crippen LogP contribution in [0.5, 0.6) is 0 Å². The average molecular weight is 487 g/mol. The Balaban J connectivity index is 1.86. The molecule has 5 nitrogen and oxygen atoms in total. The van der Waals surface area contributed by atoms with Crippen molar-refractivity contribution in [3.05, 3.63) is 69.2 Å². The van der Waals surface area contributed by atoms with Crippen LogP contribution in [0.4, 0.5) is 0 Å². The summed E-state index contributed by atoms with van der Waals surface area (Å²) >= 11 is 12.5. The second kappa shape index (κ2) is 9.96. The van der Waals surface area contributed by atoms with E-state index in [2.05, 4.69) is 6.92 Å². The minimum absolute atomic E-state index is 0.143. The molecule has 1 amide bonds. The summed E-state index contributed by atoms with van der Waals surface area (Å²) in [5.74, 6) is -0.143. The van der Waals surface area contributed by atoms with Crippen LogP contribution in [0.3, 0.4) is 0 Å². The summed E-state index contributed by atoms with van der Waals surface area (Å²) in [7, 11) is 1.69. The van der Waals surface area contributed by atoms with Crippen molar-refractivity contribution in [2.75, 3.05) is 7.11 Å². The van der Waals surface area contributed by atoms with Crippen molar-refractivity contribution in [1.29, 1.82) is 0 Å². The zero-order chi connectivity index (χ0) is 23.6. The van der Waals surface area contributed by atoms with Gasteiger partial charge >= 0.3 is 0 Å². The Morgan fingerprint density at radius 3 is 2.48 bits per heavy atom. The van der Waals surface area contributed by atoms with Crippen LogP contribution in [-0.2, 0) is 9.53 Å². The molecule has 2 aliphatic rings. The Morgan fingerprint density at radius 1 is 1.18 bits per heavy atom. The number of methoxy groups -OCH3 is 1. The smallest absolute Gasteiger partial charge is 0.275 e. The third kappa shape index (κ3) is 4.46. The molecule has 7 heteroatoms. The van der Waals surface area contributed by atoms with Crippen LogP contribution < -0.4 is 0 Å². The van der Waals surface area contributed by atoms with Gasteiger partial charge in [0.05, 0.1) is 6.04 Å². The van der Waals surface area contributed by atoms with Gasteiger partial charge in [-0.1, -0.05) is 67.2 Å². The van der Waals surface area contributed by atoms with Gasteiger partial charge in [0, 0.05) is 28.3 Å². The van der Waals surface area contributed by atoms with Crippen molar-refractivity contribution in [1.82, 2.24) is 4.90 Å². The molecular weight excluding hydrogens is 459 g/mol. The highest BCUT2D eigenvalue weighted by molar-refractivity contribution is 6.48. The number of amides is 1. The average Bonchev–Trinajstić information content (AvgIpc) is 3.09. The summed E-state index contributed by atoms with van der Waals surface area (Å²) in [6.07, 6.45) is 5.81. The standard InChI is InChI=1S/C26H28Cl2N2O3/c1-3-6-22(18-10-8-17(16-31)9-11-18)30-25(32)24(19-13-20(27)15-21(28)14-19)29-26(30)12-5-4-7-23(26)33-2/h8-11,13-16,22-23H,3-7,12H2,1-2H3/t22-,23?,26?/m1/s1. The number of nitrogens with zero attached hydrogens (tertiary/aromatic N) is 2. The molecule has 1 aliphatic heterocycles. The molecule has 0 aromatic heterocycles. The molecule has 0 N–H and O–H groups in total. The van der Waals surface area contributed by atoms with E-state index in [4.69, 9.17) is 32.9 Å². The number of carbonyl (C=O) groups is 2. The van der Waals surface area contributed by atoms with Gasteiger partial charge in [-0.15, -0.1) is 0 Å². The molecule has 0 radical (unpaired) electrons. The van der Waals surface area contributed by atoms with Crippen molar-refractivity contribution in [3.63, 3.8) is 0 Å². The normalized spacial score (nSPS) is 23.6. The fourth-order valence-corrected chi connectivity index (χ4v) is 5.73. The number of aliphatic imine (C=N–C) groups is 1. The van der Waals surface area contributed by atoms with Crippen LogP contribution in [0, 0.1) is 0 Å². The fourth-order valence-electron chi connectivity index (χ4n) is 5.21. The molecule has 174 valence electrons. The predicted molar refractivity (Wildman–Crippen MR) is 131 cm³/mol. The highest BCUT2D eigenvalue weighted by Gasteiger charge is 2.55. The minimum Gasteiger partial charge on any atom is -0.377 e. The van der Waals surface area contributed by atoms with Crippen molar-refractivity contribution in [2.24, 2.45) is 4.99 Å². The molecule has 2 aromatic rings. The first-order chi connectivity index (χ1) is 15.9. The molecule has 4 rings (SSSR count). The Bertz CT molecular complexity index is 1050. The first-order valence-electron chi connectivity index (χ1n) is 11.4. The lowest BCUT2D eigenvalue weighted by Crippen LogP contribution is -2.57. The van der Waals surface area contributed by atoms with Crippen LogP contribution in [-0.4, -0.2) is 41.7 Å². The second-order valence-electron chi connectivity index (χ2n) is 8.73. The summed E-state index contributed by atoms with van der Waals surface area (Å²) in [6, 6.07) is 12.4. The SMILES string of the molecule is CCC[C@H](c1ccc(C=O)cc1)N1C(=O)C(c2cc(Cl)cc(Cl)c2)=NC12CCCCC2OC. The third-order valence-electron chi connectivity index (χ3n) is 6.67. The lowest BCUT2D eigenvalue weighted by molar-refractivity contribution is -0.143. The number of ether oxygens (including phenoxy) is 1. The summed E-state index contributed by atoms with van der Waals surface area (Å²) in [5, 5.41) is 0.920. The zero-order valence-electron chi connectivity index (χ0n) is 18.9. The number of aldehydes is 1. The maximum absolute atomic E-state index is 14.1. The van der Waals surface area contributed by atoms with Gasteiger partial charge in [0.25, 0.3) is 5.91 Å². The summed E-state index contributed by atoms with van der Waals surface area (Å²) in [6.45, 7) is 2.10. The van der Waals surface area contributed by atoms with E-state index in [0.717, 1.165) is 50.4 Å². The molecule has 1 aliphatic carbocycles. The van der Waals surface area contributed by atoms with Gasteiger partial charge < -0.3 is 9.64 Å². The largest absolute Gasteiger partial charge is 0.377 e.